The largest absolute Gasteiger partial charge is 0.492 e. The fraction of sp³-hybridized carbons (Fsp3) is 0.312. The highest BCUT2D eigenvalue weighted by Crippen LogP contribution is 2.34. The zero-order valence-corrected chi connectivity index (χ0v) is 11.1. The number of ether oxygens (including phenoxy) is 1. The Morgan fingerprint density at radius 2 is 2.16 bits per heavy atom. The molecule has 0 aliphatic heterocycles. The first-order chi connectivity index (χ1) is 9.38. The van der Waals surface area contributed by atoms with Crippen LogP contribution in [0.4, 0.5) is 5.69 Å². The highest BCUT2D eigenvalue weighted by Gasteiger charge is 2.23. The summed E-state index contributed by atoms with van der Waals surface area (Å²) in [4.78, 5) is 4.51. The number of nitrogens with one attached hydrogen (secondary N) is 1. The van der Waals surface area contributed by atoms with Crippen LogP contribution in [-0.4, -0.2) is 11.6 Å². The number of hydrogen-bond donors (Lipinski definition) is 1. The topological polar surface area (TPSA) is 34.1 Å². The Kier molecular flexibility index (Phi) is 3.36. The van der Waals surface area contributed by atoms with E-state index in [4.69, 9.17) is 4.74 Å². The third kappa shape index (κ3) is 2.41. The fourth-order valence-corrected chi connectivity index (χ4v) is 2.61. The van der Waals surface area contributed by atoms with E-state index in [2.05, 4.69) is 22.4 Å². The quantitative estimate of drug-likeness (QED) is 0.905. The lowest BCUT2D eigenvalue weighted by Crippen LogP contribution is -2.09. The van der Waals surface area contributed by atoms with E-state index in [1.807, 2.05) is 37.4 Å². The van der Waals surface area contributed by atoms with Crippen molar-refractivity contribution in [1.29, 1.82) is 0 Å². The number of aromatic nitrogens is 1. The maximum Gasteiger partial charge on any atom is 0.142 e. The van der Waals surface area contributed by atoms with Gasteiger partial charge in [-0.25, -0.2) is 0 Å². The molecule has 1 unspecified atom stereocenters. The van der Waals surface area contributed by atoms with Crippen LogP contribution in [0.1, 0.15) is 30.6 Å². The van der Waals surface area contributed by atoms with E-state index in [1.165, 1.54) is 11.3 Å². The van der Waals surface area contributed by atoms with Gasteiger partial charge in [0.2, 0.25) is 0 Å². The number of hydrogen-bond acceptors (Lipinski definition) is 3. The predicted octanol–water partition coefficient (Wildman–Crippen LogP) is 3.58. The smallest absolute Gasteiger partial charge is 0.142 e. The number of benzene rings is 1. The Morgan fingerprint density at radius 1 is 1.26 bits per heavy atom. The maximum absolute atomic E-state index is 5.65. The summed E-state index contributed by atoms with van der Waals surface area (Å²) in [5.74, 6) is 0.911. The summed E-state index contributed by atoms with van der Waals surface area (Å²) in [5, 5.41) is 3.56. The van der Waals surface area contributed by atoms with Crippen molar-refractivity contribution in [3.63, 3.8) is 0 Å². The van der Waals surface area contributed by atoms with Gasteiger partial charge in [0.05, 0.1) is 24.0 Å². The molecule has 1 aliphatic rings. The fourth-order valence-electron chi connectivity index (χ4n) is 2.61. The summed E-state index contributed by atoms with van der Waals surface area (Å²) >= 11 is 0. The molecule has 1 atom stereocenters. The molecule has 3 rings (SSSR count). The third-order valence-corrected chi connectivity index (χ3v) is 3.48. The molecule has 19 heavy (non-hydrogen) atoms. The molecule has 3 nitrogen and oxygen atoms in total. The Bertz CT molecular complexity index is 568. The predicted molar refractivity (Wildman–Crippen MR) is 76.5 cm³/mol. The van der Waals surface area contributed by atoms with Gasteiger partial charge in [0.1, 0.15) is 5.75 Å². The van der Waals surface area contributed by atoms with Gasteiger partial charge in [-0.2, -0.15) is 0 Å². The first-order valence-corrected chi connectivity index (χ1v) is 6.80. The van der Waals surface area contributed by atoms with E-state index in [9.17, 15) is 0 Å². The third-order valence-electron chi connectivity index (χ3n) is 3.48. The van der Waals surface area contributed by atoms with Crippen LogP contribution < -0.4 is 10.1 Å². The van der Waals surface area contributed by atoms with Crippen LogP contribution in [0.5, 0.6) is 5.75 Å². The lowest BCUT2D eigenvalue weighted by atomic mass is 10.2. The molecular weight excluding hydrogens is 236 g/mol. The van der Waals surface area contributed by atoms with Gasteiger partial charge < -0.3 is 10.1 Å². The number of para-hydroxylation sites is 2. The number of rotatable bonds is 4. The number of nitrogens with zero attached hydrogens (tertiary/aromatic N) is 1. The number of fused-ring (bicyclic) bond motifs is 1. The molecule has 0 saturated carbocycles. The molecule has 1 heterocycles. The average Bonchev–Trinajstić information content (AvgIpc) is 2.85. The van der Waals surface area contributed by atoms with Crippen molar-refractivity contribution >= 4 is 5.69 Å². The molecule has 3 heteroatoms. The standard InChI is InChI=1S/C16H18N2O/c1-2-19-15-8-4-3-7-13(15)18-14-10-9-12-6-5-11-17-16(12)14/h3-8,11,14,18H,2,9-10H2,1H3. The first kappa shape index (κ1) is 12.0. The molecule has 2 aromatic rings. The van der Waals surface area contributed by atoms with Gasteiger partial charge in [-0.15, -0.1) is 0 Å². The van der Waals surface area contributed by atoms with Gasteiger partial charge in [-0.3, -0.25) is 4.98 Å². The lowest BCUT2D eigenvalue weighted by molar-refractivity contribution is 0.341. The summed E-state index contributed by atoms with van der Waals surface area (Å²) in [6.07, 6.45) is 4.05. The molecule has 1 aliphatic carbocycles. The molecule has 98 valence electrons. The van der Waals surface area contributed by atoms with Crippen LogP contribution in [0.15, 0.2) is 42.6 Å². The van der Waals surface area contributed by atoms with Crippen molar-refractivity contribution in [3.8, 4) is 5.75 Å². The van der Waals surface area contributed by atoms with E-state index in [0.29, 0.717) is 6.61 Å². The van der Waals surface area contributed by atoms with Crippen LogP contribution in [0.2, 0.25) is 0 Å². The lowest BCUT2D eigenvalue weighted by Gasteiger charge is -2.17. The van der Waals surface area contributed by atoms with Gasteiger partial charge >= 0.3 is 0 Å². The van der Waals surface area contributed by atoms with E-state index in [0.717, 1.165) is 24.3 Å². The SMILES string of the molecule is CCOc1ccccc1NC1CCc2cccnc21. The second-order valence-corrected chi connectivity index (χ2v) is 4.71. The number of anilines is 1. The van der Waals surface area contributed by atoms with Crippen LogP contribution in [0.3, 0.4) is 0 Å². The van der Waals surface area contributed by atoms with E-state index < -0.39 is 0 Å². The Labute approximate surface area is 113 Å². The summed E-state index contributed by atoms with van der Waals surface area (Å²) in [6.45, 7) is 2.68. The van der Waals surface area contributed by atoms with Gasteiger partial charge in [0.25, 0.3) is 0 Å². The summed E-state index contributed by atoms with van der Waals surface area (Å²) in [6, 6.07) is 12.5. The van der Waals surface area contributed by atoms with Crippen molar-refractivity contribution in [1.82, 2.24) is 4.98 Å². The molecule has 0 spiro atoms. The Morgan fingerprint density at radius 3 is 3.05 bits per heavy atom. The second kappa shape index (κ2) is 5.31. The highest BCUT2D eigenvalue weighted by molar-refractivity contribution is 5.57. The van der Waals surface area contributed by atoms with Crippen LogP contribution in [0, 0.1) is 0 Å². The monoisotopic (exact) mass is 254 g/mol. The van der Waals surface area contributed by atoms with Crippen LogP contribution in [0.25, 0.3) is 0 Å². The number of pyridine rings is 1. The van der Waals surface area contributed by atoms with Crippen molar-refractivity contribution < 1.29 is 4.74 Å². The average molecular weight is 254 g/mol. The zero-order chi connectivity index (χ0) is 13.1. The Balaban J connectivity index is 1.83. The summed E-state index contributed by atoms with van der Waals surface area (Å²) in [7, 11) is 0. The molecule has 1 aromatic heterocycles. The Hall–Kier alpha value is -2.03. The van der Waals surface area contributed by atoms with Gasteiger partial charge in [0.15, 0.2) is 0 Å². The molecule has 1 aromatic carbocycles. The first-order valence-electron chi connectivity index (χ1n) is 6.80. The van der Waals surface area contributed by atoms with E-state index >= 15 is 0 Å². The minimum Gasteiger partial charge on any atom is -0.492 e. The summed E-state index contributed by atoms with van der Waals surface area (Å²) in [5.41, 5.74) is 3.58. The van der Waals surface area contributed by atoms with Crippen molar-refractivity contribution in [2.24, 2.45) is 0 Å². The van der Waals surface area contributed by atoms with Crippen molar-refractivity contribution in [3.05, 3.63) is 53.9 Å². The van der Waals surface area contributed by atoms with Gasteiger partial charge in [-0.1, -0.05) is 18.2 Å². The van der Waals surface area contributed by atoms with E-state index in [-0.39, 0.29) is 6.04 Å². The van der Waals surface area contributed by atoms with Gasteiger partial charge in [-0.05, 0) is 43.5 Å². The minimum absolute atomic E-state index is 0.290. The van der Waals surface area contributed by atoms with Crippen LogP contribution >= 0.6 is 0 Å². The highest BCUT2D eigenvalue weighted by atomic mass is 16.5. The van der Waals surface area contributed by atoms with Crippen molar-refractivity contribution in [2.75, 3.05) is 11.9 Å². The molecule has 0 amide bonds. The molecule has 0 fully saturated rings. The van der Waals surface area contributed by atoms with Crippen molar-refractivity contribution in [2.45, 2.75) is 25.8 Å². The number of aryl methyl sites for hydroxylation is 1. The molecule has 1 N–H and O–H groups in total. The summed E-state index contributed by atoms with van der Waals surface area (Å²) < 4.78 is 5.65. The minimum atomic E-state index is 0.290. The molecule has 0 bridgehead atoms. The maximum atomic E-state index is 5.65. The normalized spacial score (nSPS) is 17.0. The molecular formula is C16H18N2O. The molecule has 0 radical (unpaired) electrons. The zero-order valence-electron chi connectivity index (χ0n) is 11.1. The van der Waals surface area contributed by atoms with Crippen LogP contribution in [-0.2, 0) is 6.42 Å². The second-order valence-electron chi connectivity index (χ2n) is 4.71. The van der Waals surface area contributed by atoms with Gasteiger partial charge in [0, 0.05) is 6.20 Å². The van der Waals surface area contributed by atoms with E-state index in [1.54, 1.807) is 0 Å². The molecule has 0 saturated heterocycles.